The monoisotopic (exact) mass is 317 g/mol. The van der Waals surface area contributed by atoms with Crippen molar-refractivity contribution >= 4 is 38.6 Å². The highest BCUT2D eigenvalue weighted by atomic mass is 16.4. The number of amides is 1. The summed E-state index contributed by atoms with van der Waals surface area (Å²) in [6.07, 6.45) is 0. The van der Waals surface area contributed by atoms with Gasteiger partial charge in [0.05, 0.1) is 11.6 Å². The molecule has 114 valence electrons. The Morgan fingerprint density at radius 1 is 1.33 bits per heavy atom. The molecule has 0 bridgehead atoms. The van der Waals surface area contributed by atoms with E-state index >= 15 is 0 Å². The Morgan fingerprint density at radius 2 is 2.04 bits per heavy atom. The van der Waals surface area contributed by atoms with Crippen molar-refractivity contribution in [3.63, 3.8) is 0 Å². The normalized spacial score (nSPS) is 9.96. The number of carbonyl (C=O) groups excluding carboxylic acids is 1. The maximum atomic E-state index is 11.9. The predicted molar refractivity (Wildman–Crippen MR) is 86.8 cm³/mol. The predicted octanol–water partition coefficient (Wildman–Crippen LogP) is -1.27. The van der Waals surface area contributed by atoms with Crippen LogP contribution in [0.1, 0.15) is 16.1 Å². The molecule has 24 heavy (non-hydrogen) atoms. The molecule has 0 aliphatic heterocycles. The minimum Gasteiger partial charge on any atom is -0.506 e. The maximum Gasteiger partial charge on any atom is 0.322 e. The molecule has 1 amide bonds. The summed E-state index contributed by atoms with van der Waals surface area (Å²) in [7, 11) is 11.7. The third kappa shape index (κ3) is 3.38. The molecule has 0 atom stereocenters. The highest BCUT2D eigenvalue weighted by Gasteiger charge is 2.20. The molecule has 3 N–H and O–H groups in total. The molecule has 0 aliphatic carbocycles. The number of pyridine rings is 1. The van der Waals surface area contributed by atoms with Crippen molar-refractivity contribution in [2.75, 3.05) is 6.54 Å². The fraction of sp³-hybridized carbons (Fsp3) is 0.0667. The standard InChI is InChI=1S/C15H9B2N3O4/c16-11-10(8-3-1-2-7(4-8)5-18)14(17)20-12(13(11)23)15(24)19-6-9(21)22/h1-4,23H,6H2,(H,19,24)(H,21,22). The number of nitrogens with zero attached hydrogens (tertiary/aromatic N) is 2. The fourth-order valence-corrected chi connectivity index (χ4v) is 2.06. The molecule has 1 heterocycles. The number of rotatable bonds is 4. The van der Waals surface area contributed by atoms with Crippen molar-refractivity contribution in [3.05, 3.63) is 35.5 Å². The molecule has 2 aromatic rings. The summed E-state index contributed by atoms with van der Waals surface area (Å²) in [5.74, 6) is -2.80. The highest BCUT2D eigenvalue weighted by molar-refractivity contribution is 6.44. The number of carboxylic acids is 1. The lowest BCUT2D eigenvalue weighted by atomic mass is 9.80. The Morgan fingerprint density at radius 3 is 2.67 bits per heavy atom. The number of nitriles is 1. The lowest BCUT2D eigenvalue weighted by molar-refractivity contribution is -0.135. The third-order valence-electron chi connectivity index (χ3n) is 3.13. The minimum absolute atomic E-state index is 0.138. The summed E-state index contributed by atoms with van der Waals surface area (Å²) in [6, 6.07) is 8.28. The highest BCUT2D eigenvalue weighted by Crippen LogP contribution is 2.21. The number of carboxylic acid groups (broad SMARTS) is 1. The lowest BCUT2D eigenvalue weighted by Gasteiger charge is -2.15. The van der Waals surface area contributed by atoms with Crippen LogP contribution in [0.2, 0.25) is 0 Å². The van der Waals surface area contributed by atoms with Crippen LogP contribution < -0.4 is 16.4 Å². The summed E-state index contributed by atoms with van der Waals surface area (Å²) in [4.78, 5) is 26.2. The largest absolute Gasteiger partial charge is 0.506 e. The molecule has 2 rings (SSSR count). The van der Waals surface area contributed by atoms with Gasteiger partial charge in [0.2, 0.25) is 0 Å². The Labute approximate surface area is 139 Å². The number of aliphatic carboxylic acids is 1. The van der Waals surface area contributed by atoms with E-state index < -0.39 is 29.9 Å². The van der Waals surface area contributed by atoms with E-state index in [1.54, 1.807) is 18.2 Å². The zero-order valence-electron chi connectivity index (χ0n) is 12.3. The summed E-state index contributed by atoms with van der Waals surface area (Å²) in [6.45, 7) is -0.647. The average Bonchev–Trinajstić information content (AvgIpc) is 2.56. The van der Waals surface area contributed by atoms with Gasteiger partial charge in [-0.15, -0.1) is 0 Å². The lowest BCUT2D eigenvalue weighted by Crippen LogP contribution is -2.34. The smallest absolute Gasteiger partial charge is 0.322 e. The second kappa shape index (κ2) is 6.87. The van der Waals surface area contributed by atoms with Gasteiger partial charge in [-0.2, -0.15) is 5.26 Å². The van der Waals surface area contributed by atoms with Gasteiger partial charge in [0.25, 0.3) is 5.91 Å². The molecule has 1 aromatic heterocycles. The van der Waals surface area contributed by atoms with Gasteiger partial charge in [-0.25, -0.2) is 0 Å². The van der Waals surface area contributed by atoms with Crippen molar-refractivity contribution < 1.29 is 19.8 Å². The molecule has 0 saturated heterocycles. The first kappa shape index (κ1) is 17.1. The molecule has 0 unspecified atom stereocenters. The molecule has 0 saturated carbocycles. The zero-order valence-corrected chi connectivity index (χ0v) is 12.3. The number of carbonyl (C=O) groups is 2. The molecule has 7 nitrogen and oxygen atoms in total. The molecule has 0 aliphatic rings. The van der Waals surface area contributed by atoms with Gasteiger partial charge in [0.1, 0.15) is 28.0 Å². The first-order valence-electron chi connectivity index (χ1n) is 6.63. The van der Waals surface area contributed by atoms with E-state index in [1.807, 2.05) is 6.07 Å². The molecule has 0 fully saturated rings. The van der Waals surface area contributed by atoms with Crippen LogP contribution in [-0.2, 0) is 4.79 Å². The van der Waals surface area contributed by atoms with Crippen molar-refractivity contribution in [2.45, 2.75) is 0 Å². The Kier molecular flexibility index (Phi) is 4.90. The van der Waals surface area contributed by atoms with Crippen LogP contribution in [0.5, 0.6) is 5.75 Å². The fourth-order valence-electron chi connectivity index (χ4n) is 2.06. The van der Waals surface area contributed by atoms with Gasteiger partial charge < -0.3 is 15.5 Å². The van der Waals surface area contributed by atoms with Crippen LogP contribution in [0.3, 0.4) is 0 Å². The van der Waals surface area contributed by atoms with E-state index in [4.69, 9.17) is 26.1 Å². The van der Waals surface area contributed by atoms with Gasteiger partial charge in [-0.05, 0) is 34.3 Å². The van der Waals surface area contributed by atoms with Gasteiger partial charge >= 0.3 is 5.97 Å². The molecule has 4 radical (unpaired) electrons. The van der Waals surface area contributed by atoms with Crippen LogP contribution in [0.4, 0.5) is 0 Å². The van der Waals surface area contributed by atoms with Gasteiger partial charge in [0, 0.05) is 0 Å². The summed E-state index contributed by atoms with van der Waals surface area (Å²) < 4.78 is 0. The van der Waals surface area contributed by atoms with E-state index in [2.05, 4.69) is 10.3 Å². The van der Waals surface area contributed by atoms with Crippen molar-refractivity contribution in [1.82, 2.24) is 10.3 Å². The van der Waals surface area contributed by atoms with E-state index in [0.29, 0.717) is 11.1 Å². The number of nitrogens with one attached hydrogen (secondary N) is 1. The summed E-state index contributed by atoms with van der Waals surface area (Å²) in [5, 5.41) is 29.7. The van der Waals surface area contributed by atoms with Crippen LogP contribution in [0.15, 0.2) is 24.3 Å². The quantitative estimate of drug-likeness (QED) is 0.604. The van der Waals surface area contributed by atoms with Gasteiger partial charge in [0.15, 0.2) is 5.69 Å². The SMILES string of the molecule is [B]c1nc(C(=O)NCC(=O)O)c(O)c([B])c1-c1cccc(C#N)c1. The summed E-state index contributed by atoms with van der Waals surface area (Å²) >= 11 is 0. The number of hydrogen-bond acceptors (Lipinski definition) is 5. The Hall–Kier alpha value is -3.27. The van der Waals surface area contributed by atoms with Crippen molar-refractivity contribution in [2.24, 2.45) is 0 Å². The van der Waals surface area contributed by atoms with Crippen LogP contribution in [0, 0.1) is 11.3 Å². The second-order valence-electron chi connectivity index (χ2n) is 4.75. The summed E-state index contributed by atoms with van der Waals surface area (Å²) in [5.41, 5.74) is 0.170. The first-order valence-corrected chi connectivity index (χ1v) is 6.63. The van der Waals surface area contributed by atoms with Crippen molar-refractivity contribution in [3.8, 4) is 22.9 Å². The third-order valence-corrected chi connectivity index (χ3v) is 3.13. The molecular formula is C15H9B2N3O4. The van der Waals surface area contributed by atoms with Crippen LogP contribution >= 0.6 is 0 Å². The molecular weight excluding hydrogens is 308 g/mol. The maximum absolute atomic E-state index is 11.9. The van der Waals surface area contributed by atoms with E-state index in [-0.39, 0.29) is 16.6 Å². The average molecular weight is 317 g/mol. The first-order chi connectivity index (χ1) is 11.3. The topological polar surface area (TPSA) is 123 Å². The van der Waals surface area contributed by atoms with E-state index in [0.717, 1.165) is 0 Å². The second-order valence-corrected chi connectivity index (χ2v) is 4.75. The zero-order chi connectivity index (χ0) is 17.9. The molecule has 9 heteroatoms. The van der Waals surface area contributed by atoms with E-state index in [1.165, 1.54) is 6.07 Å². The van der Waals surface area contributed by atoms with Crippen LogP contribution in [0.25, 0.3) is 11.1 Å². The number of aromatic nitrogens is 1. The minimum atomic E-state index is -1.26. The van der Waals surface area contributed by atoms with Crippen molar-refractivity contribution in [1.29, 1.82) is 5.26 Å². The number of hydrogen-bond donors (Lipinski definition) is 3. The Bertz CT molecular complexity index is 878. The van der Waals surface area contributed by atoms with Gasteiger partial charge in [-0.1, -0.05) is 12.1 Å². The van der Waals surface area contributed by atoms with E-state index in [9.17, 15) is 14.7 Å². The molecule has 0 spiro atoms. The van der Waals surface area contributed by atoms with Crippen LogP contribution in [-0.4, -0.2) is 49.3 Å². The Balaban J connectivity index is 2.50. The van der Waals surface area contributed by atoms with Gasteiger partial charge in [-0.3, -0.25) is 14.6 Å². The molecule has 1 aromatic carbocycles. The number of aromatic hydroxyl groups is 1. The number of benzene rings is 1.